The van der Waals surface area contributed by atoms with Crippen molar-refractivity contribution in [2.45, 2.75) is 25.0 Å². The maximum absolute atomic E-state index is 12.1. The average molecular weight is 489 g/mol. The van der Waals surface area contributed by atoms with E-state index in [0.29, 0.717) is 5.75 Å². The maximum atomic E-state index is 12.1. The Kier molecular flexibility index (Phi) is 8.85. The second-order valence-electron chi connectivity index (χ2n) is 7.93. The van der Waals surface area contributed by atoms with E-state index >= 15 is 0 Å². The highest BCUT2D eigenvalue weighted by molar-refractivity contribution is 7.99. The number of aromatic nitrogens is 4. The molecule has 0 spiro atoms. The molecule has 0 saturated heterocycles. The molecule has 0 unspecified atom stereocenters. The highest BCUT2D eigenvalue weighted by Gasteiger charge is 2.08. The largest absolute Gasteiger partial charge is 0.484 e. The summed E-state index contributed by atoms with van der Waals surface area (Å²) in [6.45, 7) is 3.63. The second kappa shape index (κ2) is 12.7. The van der Waals surface area contributed by atoms with E-state index in [9.17, 15) is 4.79 Å². The number of hydrogen-bond donors (Lipinski definition) is 2. The van der Waals surface area contributed by atoms with Crippen molar-refractivity contribution in [3.05, 3.63) is 90.0 Å². The Morgan fingerprint density at radius 2 is 1.77 bits per heavy atom. The smallest absolute Gasteiger partial charge is 0.262 e. The van der Waals surface area contributed by atoms with Crippen molar-refractivity contribution in [3.63, 3.8) is 0 Å². The predicted molar refractivity (Wildman–Crippen MR) is 138 cm³/mol. The number of tetrazole rings is 1. The monoisotopic (exact) mass is 488 g/mol. The van der Waals surface area contributed by atoms with Crippen LogP contribution < -0.4 is 15.4 Å². The first-order chi connectivity index (χ1) is 17.2. The van der Waals surface area contributed by atoms with Gasteiger partial charge in [0.05, 0.1) is 5.69 Å². The van der Waals surface area contributed by atoms with Gasteiger partial charge >= 0.3 is 0 Å². The van der Waals surface area contributed by atoms with Crippen molar-refractivity contribution in [2.24, 2.45) is 0 Å². The van der Waals surface area contributed by atoms with Gasteiger partial charge in [-0.3, -0.25) is 4.79 Å². The molecule has 4 rings (SSSR count). The van der Waals surface area contributed by atoms with Crippen LogP contribution >= 0.6 is 11.8 Å². The average Bonchev–Trinajstić information content (AvgIpc) is 3.36. The topological polar surface area (TPSA) is 94.0 Å². The molecular weight excluding hydrogens is 460 g/mol. The van der Waals surface area contributed by atoms with Crippen LogP contribution in [0.5, 0.6) is 5.75 Å². The van der Waals surface area contributed by atoms with Crippen LogP contribution in [-0.4, -0.2) is 45.0 Å². The highest BCUT2D eigenvalue weighted by atomic mass is 32.2. The molecule has 0 bridgehead atoms. The van der Waals surface area contributed by atoms with Gasteiger partial charge in [-0.25, -0.2) is 0 Å². The summed E-state index contributed by atoms with van der Waals surface area (Å²) in [6.07, 6.45) is 0.990. The zero-order chi connectivity index (χ0) is 24.3. The lowest BCUT2D eigenvalue weighted by Gasteiger charge is -2.09. The zero-order valence-corrected chi connectivity index (χ0v) is 20.4. The minimum absolute atomic E-state index is 0.0311. The van der Waals surface area contributed by atoms with Gasteiger partial charge in [0.15, 0.2) is 6.61 Å². The number of amides is 1. The molecule has 0 aliphatic heterocycles. The predicted octanol–water partition coefficient (Wildman–Crippen LogP) is 4.26. The van der Waals surface area contributed by atoms with Crippen molar-refractivity contribution in [2.75, 3.05) is 24.2 Å². The summed E-state index contributed by atoms with van der Waals surface area (Å²) in [4.78, 5) is 12.1. The van der Waals surface area contributed by atoms with Gasteiger partial charge in [0.25, 0.3) is 5.91 Å². The van der Waals surface area contributed by atoms with Gasteiger partial charge in [0.1, 0.15) is 5.75 Å². The van der Waals surface area contributed by atoms with Crippen LogP contribution in [0.4, 0.5) is 5.69 Å². The maximum Gasteiger partial charge on any atom is 0.262 e. The van der Waals surface area contributed by atoms with Gasteiger partial charge in [-0.15, -0.1) is 5.10 Å². The third kappa shape index (κ3) is 7.66. The molecule has 1 aromatic heterocycles. The zero-order valence-electron chi connectivity index (χ0n) is 19.6. The molecule has 0 aliphatic carbocycles. The lowest BCUT2D eigenvalue weighted by Crippen LogP contribution is -2.20. The first kappa shape index (κ1) is 24.4. The molecule has 180 valence electrons. The molecule has 1 amide bonds. The van der Waals surface area contributed by atoms with E-state index in [1.807, 2.05) is 85.8 Å². The molecule has 0 atom stereocenters. The third-order valence-corrected chi connectivity index (χ3v) is 6.13. The number of nitrogens with zero attached hydrogens (tertiary/aromatic N) is 4. The van der Waals surface area contributed by atoms with E-state index < -0.39 is 0 Å². The number of thioether (sulfide) groups is 1. The molecule has 9 heteroatoms. The van der Waals surface area contributed by atoms with Crippen LogP contribution in [0.3, 0.4) is 0 Å². The van der Waals surface area contributed by atoms with E-state index in [0.717, 1.165) is 52.9 Å². The van der Waals surface area contributed by atoms with Gasteiger partial charge in [0, 0.05) is 18.0 Å². The van der Waals surface area contributed by atoms with Crippen LogP contribution in [-0.2, 0) is 11.3 Å². The summed E-state index contributed by atoms with van der Waals surface area (Å²) < 4.78 is 7.36. The van der Waals surface area contributed by atoms with Crippen LogP contribution in [0.15, 0.2) is 84.0 Å². The number of aryl methyl sites for hydroxylation is 1. The molecule has 0 aliphatic rings. The molecule has 0 radical (unpaired) electrons. The van der Waals surface area contributed by atoms with Crippen molar-refractivity contribution in [3.8, 4) is 11.4 Å². The summed E-state index contributed by atoms with van der Waals surface area (Å²) in [5, 5.41) is 19.1. The molecule has 2 N–H and O–H groups in total. The summed E-state index contributed by atoms with van der Waals surface area (Å²) in [5.74, 6) is 1.40. The van der Waals surface area contributed by atoms with Crippen LogP contribution in [0, 0.1) is 6.92 Å². The second-order valence-corrected chi connectivity index (χ2v) is 9.00. The SMILES string of the molecule is Cc1ccc(NC(=O)COc2ccc(CNCCCSc3nnnn3-c3ccccc3)cc2)cc1. The van der Waals surface area contributed by atoms with E-state index in [-0.39, 0.29) is 12.5 Å². The van der Waals surface area contributed by atoms with Crippen LogP contribution in [0.1, 0.15) is 17.5 Å². The Labute approximate surface area is 209 Å². The minimum atomic E-state index is -0.185. The van der Waals surface area contributed by atoms with Crippen molar-refractivity contribution >= 4 is 23.4 Å². The van der Waals surface area contributed by atoms with Gasteiger partial charge in [-0.05, 0) is 72.3 Å². The fourth-order valence-corrected chi connectivity index (χ4v) is 4.11. The molecule has 1 heterocycles. The first-order valence-corrected chi connectivity index (χ1v) is 12.4. The molecular formula is C26H28N6O2S. The third-order valence-electron chi connectivity index (χ3n) is 5.13. The Hall–Kier alpha value is -3.69. The Morgan fingerprint density at radius 3 is 2.54 bits per heavy atom. The number of anilines is 1. The van der Waals surface area contributed by atoms with E-state index in [1.165, 1.54) is 0 Å². The van der Waals surface area contributed by atoms with E-state index in [2.05, 4.69) is 26.2 Å². The number of carbonyl (C=O) groups is 1. The quantitative estimate of drug-likeness (QED) is 0.227. The van der Waals surface area contributed by atoms with Crippen molar-refractivity contribution in [1.29, 1.82) is 0 Å². The Bertz CT molecular complexity index is 1200. The number of para-hydroxylation sites is 1. The molecule has 0 fully saturated rings. The fraction of sp³-hybridized carbons (Fsp3) is 0.231. The highest BCUT2D eigenvalue weighted by Crippen LogP contribution is 2.18. The van der Waals surface area contributed by atoms with Crippen LogP contribution in [0.25, 0.3) is 5.69 Å². The lowest BCUT2D eigenvalue weighted by atomic mass is 10.2. The molecule has 35 heavy (non-hydrogen) atoms. The number of carbonyl (C=O) groups excluding carboxylic acids is 1. The van der Waals surface area contributed by atoms with Crippen LogP contribution in [0.2, 0.25) is 0 Å². The fourth-order valence-electron chi connectivity index (χ4n) is 3.28. The molecule has 3 aromatic carbocycles. The summed E-state index contributed by atoms with van der Waals surface area (Å²) >= 11 is 1.64. The number of rotatable bonds is 12. The summed E-state index contributed by atoms with van der Waals surface area (Å²) in [7, 11) is 0. The van der Waals surface area contributed by atoms with Gasteiger partial charge in [0.2, 0.25) is 5.16 Å². The normalized spacial score (nSPS) is 10.8. The van der Waals surface area contributed by atoms with Gasteiger partial charge < -0.3 is 15.4 Å². The van der Waals surface area contributed by atoms with Gasteiger partial charge in [-0.2, -0.15) is 4.68 Å². The number of nitrogens with one attached hydrogen (secondary N) is 2. The number of ether oxygens (including phenoxy) is 1. The lowest BCUT2D eigenvalue weighted by molar-refractivity contribution is -0.118. The number of hydrogen-bond acceptors (Lipinski definition) is 7. The Morgan fingerprint density at radius 1 is 1.00 bits per heavy atom. The standard InChI is InChI=1S/C26H28N6O2S/c1-20-8-12-22(13-9-20)28-25(33)19-34-24-14-10-21(11-15-24)18-27-16-5-17-35-26-29-30-31-32(26)23-6-3-2-4-7-23/h2-4,6-15,27H,5,16-19H2,1H3,(H,28,33). The minimum Gasteiger partial charge on any atom is -0.484 e. The molecule has 0 saturated carbocycles. The molecule has 8 nitrogen and oxygen atoms in total. The summed E-state index contributed by atoms with van der Waals surface area (Å²) in [6, 6.07) is 25.3. The van der Waals surface area contributed by atoms with E-state index in [4.69, 9.17) is 4.74 Å². The number of benzene rings is 3. The van der Waals surface area contributed by atoms with Crippen molar-refractivity contribution in [1.82, 2.24) is 25.5 Å². The van der Waals surface area contributed by atoms with Gasteiger partial charge in [-0.1, -0.05) is 59.8 Å². The molecule has 4 aromatic rings. The van der Waals surface area contributed by atoms with Crippen molar-refractivity contribution < 1.29 is 9.53 Å². The van der Waals surface area contributed by atoms with E-state index in [1.54, 1.807) is 16.4 Å². The Balaban J connectivity index is 1.11. The summed E-state index contributed by atoms with van der Waals surface area (Å²) in [5.41, 5.74) is 4.02. The first-order valence-electron chi connectivity index (χ1n) is 11.4.